The van der Waals surface area contributed by atoms with Gasteiger partial charge in [-0.2, -0.15) is 10.1 Å². The van der Waals surface area contributed by atoms with Crippen molar-refractivity contribution >= 4 is 5.91 Å². The Labute approximate surface area is 149 Å². The molecule has 1 aliphatic rings. The van der Waals surface area contributed by atoms with Crippen molar-refractivity contribution in [1.29, 1.82) is 0 Å². The summed E-state index contributed by atoms with van der Waals surface area (Å²) in [4.78, 5) is 16.8. The first kappa shape index (κ1) is 16.4. The van der Waals surface area contributed by atoms with E-state index in [9.17, 15) is 9.18 Å². The van der Waals surface area contributed by atoms with Gasteiger partial charge in [-0.05, 0) is 38.0 Å². The Balaban J connectivity index is 1.48. The zero-order valence-electron chi connectivity index (χ0n) is 14.4. The van der Waals surface area contributed by atoms with Crippen LogP contribution in [-0.2, 0) is 7.05 Å². The molecule has 0 saturated heterocycles. The Morgan fingerprint density at radius 3 is 2.92 bits per heavy atom. The van der Waals surface area contributed by atoms with Crippen molar-refractivity contribution in [1.82, 2.24) is 25.2 Å². The minimum absolute atomic E-state index is 0.252. The summed E-state index contributed by atoms with van der Waals surface area (Å²) < 4.78 is 20.1. The fraction of sp³-hybridized carbons (Fsp3) is 0.333. The SMILES string of the molecule is CC(NC(=O)c1cc(C2CC2)nn1C)c1nc(-c2cccc(F)c2)no1. The van der Waals surface area contributed by atoms with Crippen LogP contribution in [0.2, 0.25) is 0 Å². The van der Waals surface area contributed by atoms with Crippen molar-refractivity contribution in [3.63, 3.8) is 0 Å². The largest absolute Gasteiger partial charge is 0.339 e. The van der Waals surface area contributed by atoms with E-state index in [4.69, 9.17) is 4.52 Å². The van der Waals surface area contributed by atoms with E-state index in [2.05, 4.69) is 20.6 Å². The van der Waals surface area contributed by atoms with Gasteiger partial charge in [0.1, 0.15) is 17.6 Å². The van der Waals surface area contributed by atoms with Crippen molar-refractivity contribution in [3.8, 4) is 11.4 Å². The maximum absolute atomic E-state index is 13.3. The molecule has 8 heteroatoms. The molecule has 1 amide bonds. The third-order valence-corrected chi connectivity index (χ3v) is 4.37. The summed E-state index contributed by atoms with van der Waals surface area (Å²) in [7, 11) is 1.75. The number of amides is 1. The Bertz CT molecular complexity index is 960. The van der Waals surface area contributed by atoms with Crippen LogP contribution >= 0.6 is 0 Å². The molecule has 7 nitrogen and oxygen atoms in total. The minimum atomic E-state index is -0.489. The van der Waals surface area contributed by atoms with Gasteiger partial charge < -0.3 is 9.84 Å². The van der Waals surface area contributed by atoms with Gasteiger partial charge in [-0.25, -0.2) is 4.39 Å². The van der Waals surface area contributed by atoms with Crippen molar-refractivity contribution < 1.29 is 13.7 Å². The number of aryl methyl sites for hydroxylation is 1. The number of rotatable bonds is 5. The van der Waals surface area contributed by atoms with Crippen molar-refractivity contribution in [3.05, 3.63) is 53.4 Å². The number of halogens is 1. The number of benzene rings is 1. The maximum Gasteiger partial charge on any atom is 0.270 e. The summed E-state index contributed by atoms with van der Waals surface area (Å²) in [6.45, 7) is 1.75. The molecule has 1 unspecified atom stereocenters. The normalized spacial score (nSPS) is 15.0. The Kier molecular flexibility index (Phi) is 4.02. The van der Waals surface area contributed by atoms with Crippen molar-refractivity contribution in [2.75, 3.05) is 0 Å². The molecule has 2 aromatic heterocycles. The second-order valence-electron chi connectivity index (χ2n) is 6.51. The molecule has 0 radical (unpaired) electrons. The van der Waals surface area contributed by atoms with Crippen LogP contribution in [0.4, 0.5) is 4.39 Å². The van der Waals surface area contributed by atoms with Gasteiger partial charge in [-0.3, -0.25) is 9.48 Å². The fourth-order valence-corrected chi connectivity index (χ4v) is 2.77. The molecule has 1 atom stereocenters. The second kappa shape index (κ2) is 6.36. The molecular weight excluding hydrogens is 337 g/mol. The van der Waals surface area contributed by atoms with Crippen molar-refractivity contribution in [2.45, 2.75) is 31.7 Å². The van der Waals surface area contributed by atoms with Gasteiger partial charge in [0.05, 0.1) is 5.69 Å². The highest BCUT2D eigenvalue weighted by Crippen LogP contribution is 2.39. The fourth-order valence-electron chi connectivity index (χ4n) is 2.77. The smallest absolute Gasteiger partial charge is 0.270 e. The highest BCUT2D eigenvalue weighted by atomic mass is 19.1. The number of carbonyl (C=O) groups is 1. The molecular formula is C18H18FN5O2. The average Bonchev–Trinajstić information content (AvgIpc) is 3.20. The van der Waals surface area contributed by atoms with Gasteiger partial charge in [0, 0.05) is 18.5 Å². The first-order valence-corrected chi connectivity index (χ1v) is 8.45. The summed E-state index contributed by atoms with van der Waals surface area (Å²) in [5, 5.41) is 11.1. The molecule has 1 aliphatic carbocycles. The van der Waals surface area contributed by atoms with E-state index in [0.717, 1.165) is 18.5 Å². The molecule has 4 rings (SSSR count). The number of carbonyl (C=O) groups excluding carboxylic acids is 1. The molecule has 134 valence electrons. The van der Waals surface area contributed by atoms with Crippen molar-refractivity contribution in [2.24, 2.45) is 7.05 Å². The molecule has 1 saturated carbocycles. The van der Waals surface area contributed by atoms with E-state index < -0.39 is 6.04 Å². The maximum atomic E-state index is 13.3. The van der Waals surface area contributed by atoms with Gasteiger partial charge in [-0.15, -0.1) is 0 Å². The van der Waals surface area contributed by atoms with Gasteiger partial charge in [0.2, 0.25) is 11.7 Å². The summed E-state index contributed by atoms with van der Waals surface area (Å²) in [6.07, 6.45) is 2.25. The molecule has 1 aromatic carbocycles. The molecule has 3 aromatic rings. The molecule has 2 heterocycles. The standard InChI is InChI=1S/C18H18FN5O2/c1-10(18-21-16(23-26-18)12-4-3-5-13(19)8-12)20-17(25)15-9-14(11-6-7-11)22-24(15)2/h3-5,8-11H,6-7H2,1-2H3,(H,20,25). The van der Waals surface area contributed by atoms with Crippen LogP contribution in [-0.4, -0.2) is 25.8 Å². The summed E-state index contributed by atoms with van der Waals surface area (Å²) >= 11 is 0. The number of nitrogens with zero attached hydrogens (tertiary/aromatic N) is 4. The Hall–Kier alpha value is -3.03. The molecule has 1 fully saturated rings. The quantitative estimate of drug-likeness (QED) is 0.760. The lowest BCUT2D eigenvalue weighted by Crippen LogP contribution is -2.28. The lowest BCUT2D eigenvalue weighted by Gasteiger charge is -2.09. The van der Waals surface area contributed by atoms with Crippen LogP contribution in [0, 0.1) is 5.82 Å². The first-order chi connectivity index (χ1) is 12.5. The van der Waals surface area contributed by atoms with Crippen LogP contribution < -0.4 is 5.32 Å². The van der Waals surface area contributed by atoms with Crippen LogP contribution in [0.15, 0.2) is 34.9 Å². The van der Waals surface area contributed by atoms with E-state index in [-0.39, 0.29) is 23.4 Å². The van der Waals surface area contributed by atoms with E-state index in [1.807, 2.05) is 6.07 Å². The first-order valence-electron chi connectivity index (χ1n) is 8.45. The zero-order chi connectivity index (χ0) is 18.3. The number of aromatic nitrogens is 4. The predicted molar refractivity (Wildman–Crippen MR) is 90.8 cm³/mol. The lowest BCUT2D eigenvalue weighted by atomic mass is 10.2. The van der Waals surface area contributed by atoms with E-state index in [1.54, 1.807) is 30.8 Å². The molecule has 1 N–H and O–H groups in total. The third kappa shape index (κ3) is 3.22. The number of nitrogens with one attached hydrogen (secondary N) is 1. The number of hydrogen-bond acceptors (Lipinski definition) is 5. The topological polar surface area (TPSA) is 85.8 Å². The second-order valence-corrected chi connectivity index (χ2v) is 6.51. The number of hydrogen-bond donors (Lipinski definition) is 1. The average molecular weight is 355 g/mol. The van der Waals surface area contributed by atoms with Crippen LogP contribution in [0.25, 0.3) is 11.4 Å². The highest BCUT2D eigenvalue weighted by molar-refractivity contribution is 5.92. The van der Waals surface area contributed by atoms with Gasteiger partial charge >= 0.3 is 0 Å². The van der Waals surface area contributed by atoms with Crippen LogP contribution in [0.5, 0.6) is 0 Å². The van der Waals surface area contributed by atoms with E-state index >= 15 is 0 Å². The highest BCUT2D eigenvalue weighted by Gasteiger charge is 2.28. The van der Waals surface area contributed by atoms with E-state index in [0.29, 0.717) is 17.2 Å². The molecule has 0 bridgehead atoms. The minimum Gasteiger partial charge on any atom is -0.339 e. The predicted octanol–water partition coefficient (Wildman–Crippen LogP) is 2.98. The Morgan fingerprint density at radius 1 is 1.38 bits per heavy atom. The molecule has 0 spiro atoms. The summed E-state index contributed by atoms with van der Waals surface area (Å²) in [6, 6.07) is 7.27. The molecule has 0 aliphatic heterocycles. The zero-order valence-corrected chi connectivity index (χ0v) is 14.4. The third-order valence-electron chi connectivity index (χ3n) is 4.37. The van der Waals surface area contributed by atoms with Gasteiger partial charge in [0.15, 0.2) is 0 Å². The lowest BCUT2D eigenvalue weighted by molar-refractivity contribution is 0.0923. The molecule has 26 heavy (non-hydrogen) atoms. The van der Waals surface area contributed by atoms with Gasteiger partial charge in [0.25, 0.3) is 5.91 Å². The Morgan fingerprint density at radius 2 is 2.19 bits per heavy atom. The monoisotopic (exact) mass is 355 g/mol. The van der Waals surface area contributed by atoms with Crippen LogP contribution in [0.1, 0.15) is 53.8 Å². The summed E-state index contributed by atoms with van der Waals surface area (Å²) in [5.74, 6) is 0.368. The van der Waals surface area contributed by atoms with Crippen LogP contribution in [0.3, 0.4) is 0 Å². The van der Waals surface area contributed by atoms with E-state index in [1.165, 1.54) is 12.1 Å². The summed E-state index contributed by atoms with van der Waals surface area (Å²) in [5.41, 5.74) is 1.96. The van der Waals surface area contributed by atoms with Gasteiger partial charge in [-0.1, -0.05) is 17.3 Å².